The molecule has 5 heteroatoms. The molecule has 1 N–H and O–H groups in total. The molecule has 0 atom stereocenters. The fourth-order valence-electron chi connectivity index (χ4n) is 2.10. The molecule has 0 saturated heterocycles. The highest BCUT2D eigenvalue weighted by molar-refractivity contribution is 9.10. The second-order valence-electron chi connectivity index (χ2n) is 4.32. The highest BCUT2D eigenvalue weighted by Crippen LogP contribution is 2.19. The van der Waals surface area contributed by atoms with Gasteiger partial charge in [0.2, 0.25) is 0 Å². The van der Waals surface area contributed by atoms with Crippen molar-refractivity contribution in [1.29, 1.82) is 0 Å². The predicted octanol–water partition coefficient (Wildman–Crippen LogP) is 3.21. The maximum atomic E-state index is 13.8. The molecule has 0 fully saturated rings. The van der Waals surface area contributed by atoms with Crippen LogP contribution in [0.5, 0.6) is 0 Å². The number of aliphatic hydroxyl groups excluding tert-OH is 1. The van der Waals surface area contributed by atoms with Gasteiger partial charge in [-0.2, -0.15) is 0 Å². The predicted molar refractivity (Wildman–Crippen MR) is 76.6 cm³/mol. The lowest BCUT2D eigenvalue weighted by Gasteiger charge is -2.30. The van der Waals surface area contributed by atoms with E-state index in [0.717, 1.165) is 12.8 Å². The van der Waals surface area contributed by atoms with E-state index in [1.807, 2.05) is 13.8 Å². The van der Waals surface area contributed by atoms with Gasteiger partial charge in [-0.3, -0.25) is 4.79 Å². The standard InChI is InChI=1S/C14H19BrFNO2/c1-3-11(4-2)17(7-8-18)14(19)12-9-10(15)5-6-13(12)16/h5-6,9,11,18H,3-4,7-8H2,1-2H3. The zero-order valence-electron chi connectivity index (χ0n) is 11.2. The quantitative estimate of drug-likeness (QED) is 0.869. The van der Waals surface area contributed by atoms with Crippen molar-refractivity contribution in [3.8, 4) is 0 Å². The molecule has 0 unspecified atom stereocenters. The van der Waals surface area contributed by atoms with Crippen molar-refractivity contribution in [1.82, 2.24) is 4.90 Å². The van der Waals surface area contributed by atoms with E-state index in [2.05, 4.69) is 15.9 Å². The van der Waals surface area contributed by atoms with E-state index in [-0.39, 0.29) is 30.7 Å². The second kappa shape index (κ2) is 7.60. The first-order valence-electron chi connectivity index (χ1n) is 6.42. The van der Waals surface area contributed by atoms with Gasteiger partial charge >= 0.3 is 0 Å². The van der Waals surface area contributed by atoms with Crippen LogP contribution in [0.1, 0.15) is 37.0 Å². The van der Waals surface area contributed by atoms with E-state index in [1.165, 1.54) is 12.1 Å². The number of nitrogens with zero attached hydrogens (tertiary/aromatic N) is 1. The third kappa shape index (κ3) is 4.01. The van der Waals surface area contributed by atoms with E-state index < -0.39 is 5.82 Å². The van der Waals surface area contributed by atoms with Crippen molar-refractivity contribution in [2.75, 3.05) is 13.2 Å². The summed E-state index contributed by atoms with van der Waals surface area (Å²) in [5.41, 5.74) is 0.0368. The molecule has 1 amide bonds. The normalized spacial score (nSPS) is 10.8. The Morgan fingerprint density at radius 2 is 2.05 bits per heavy atom. The number of hydrogen-bond donors (Lipinski definition) is 1. The average molecular weight is 332 g/mol. The Morgan fingerprint density at radius 1 is 1.42 bits per heavy atom. The van der Waals surface area contributed by atoms with Crippen molar-refractivity contribution in [3.05, 3.63) is 34.1 Å². The van der Waals surface area contributed by atoms with Gasteiger partial charge in [-0.15, -0.1) is 0 Å². The monoisotopic (exact) mass is 331 g/mol. The molecular weight excluding hydrogens is 313 g/mol. The van der Waals surface area contributed by atoms with Crippen LogP contribution in [0.25, 0.3) is 0 Å². The average Bonchev–Trinajstić information content (AvgIpc) is 2.41. The van der Waals surface area contributed by atoms with Crippen LogP contribution in [0.2, 0.25) is 0 Å². The molecule has 0 aliphatic heterocycles. The molecule has 0 radical (unpaired) electrons. The van der Waals surface area contributed by atoms with Gasteiger partial charge < -0.3 is 10.0 Å². The number of hydrogen-bond acceptors (Lipinski definition) is 2. The van der Waals surface area contributed by atoms with Crippen LogP contribution in [0, 0.1) is 5.82 Å². The van der Waals surface area contributed by atoms with Crippen molar-refractivity contribution in [2.24, 2.45) is 0 Å². The van der Waals surface area contributed by atoms with Crippen LogP contribution in [0.15, 0.2) is 22.7 Å². The van der Waals surface area contributed by atoms with Crippen LogP contribution >= 0.6 is 15.9 Å². The van der Waals surface area contributed by atoms with E-state index in [1.54, 1.807) is 11.0 Å². The van der Waals surface area contributed by atoms with Gasteiger partial charge in [0.25, 0.3) is 5.91 Å². The fraction of sp³-hybridized carbons (Fsp3) is 0.500. The van der Waals surface area contributed by atoms with Gasteiger partial charge in [0.1, 0.15) is 5.82 Å². The molecule has 1 rings (SSSR count). The summed E-state index contributed by atoms with van der Waals surface area (Å²) < 4.78 is 14.4. The first-order chi connectivity index (χ1) is 9.04. The highest BCUT2D eigenvalue weighted by Gasteiger charge is 2.24. The van der Waals surface area contributed by atoms with Gasteiger partial charge in [-0.25, -0.2) is 4.39 Å². The number of aliphatic hydroxyl groups is 1. The second-order valence-corrected chi connectivity index (χ2v) is 5.23. The first kappa shape index (κ1) is 16.1. The van der Waals surface area contributed by atoms with E-state index in [0.29, 0.717) is 4.47 Å². The van der Waals surface area contributed by atoms with Gasteiger partial charge in [0.05, 0.1) is 12.2 Å². The summed E-state index contributed by atoms with van der Waals surface area (Å²) in [7, 11) is 0. The molecule has 0 aliphatic carbocycles. The van der Waals surface area contributed by atoms with Gasteiger partial charge in [-0.05, 0) is 31.0 Å². The molecule has 0 saturated carbocycles. The number of carbonyl (C=O) groups is 1. The Bertz CT molecular complexity index is 435. The summed E-state index contributed by atoms with van der Waals surface area (Å²) in [6.45, 7) is 4.04. The Kier molecular flexibility index (Phi) is 6.45. The Hall–Kier alpha value is -0.940. The molecule has 106 valence electrons. The van der Waals surface area contributed by atoms with Crippen LogP contribution in [0.4, 0.5) is 4.39 Å². The van der Waals surface area contributed by atoms with Crippen molar-refractivity contribution in [2.45, 2.75) is 32.7 Å². The van der Waals surface area contributed by atoms with Crippen LogP contribution < -0.4 is 0 Å². The van der Waals surface area contributed by atoms with Crippen molar-refractivity contribution >= 4 is 21.8 Å². The number of rotatable bonds is 6. The summed E-state index contributed by atoms with van der Waals surface area (Å²) in [6, 6.07) is 4.31. The molecule has 19 heavy (non-hydrogen) atoms. The van der Waals surface area contributed by atoms with Gasteiger partial charge in [-0.1, -0.05) is 29.8 Å². The van der Waals surface area contributed by atoms with Gasteiger partial charge in [0.15, 0.2) is 0 Å². The molecule has 1 aromatic rings. The number of amides is 1. The maximum Gasteiger partial charge on any atom is 0.257 e. The zero-order valence-corrected chi connectivity index (χ0v) is 12.8. The first-order valence-corrected chi connectivity index (χ1v) is 7.21. The molecular formula is C14H19BrFNO2. The lowest BCUT2D eigenvalue weighted by molar-refractivity contribution is 0.0617. The van der Waals surface area contributed by atoms with Crippen molar-refractivity contribution in [3.63, 3.8) is 0 Å². The molecule has 0 heterocycles. The lowest BCUT2D eigenvalue weighted by Crippen LogP contribution is -2.42. The molecule has 1 aromatic carbocycles. The Labute approximate surface area is 121 Å². The summed E-state index contributed by atoms with van der Waals surface area (Å²) in [6.07, 6.45) is 1.55. The summed E-state index contributed by atoms with van der Waals surface area (Å²) in [5.74, 6) is -0.913. The minimum absolute atomic E-state index is 0.0121. The SMILES string of the molecule is CCC(CC)N(CCO)C(=O)c1cc(Br)ccc1F. The molecule has 0 aromatic heterocycles. The Morgan fingerprint density at radius 3 is 2.58 bits per heavy atom. The molecule has 0 aliphatic rings. The fourth-order valence-corrected chi connectivity index (χ4v) is 2.46. The topological polar surface area (TPSA) is 40.5 Å². The third-order valence-electron chi connectivity index (χ3n) is 3.14. The number of halogens is 2. The minimum atomic E-state index is -0.540. The van der Waals surface area contributed by atoms with E-state index in [9.17, 15) is 9.18 Å². The molecule has 0 spiro atoms. The van der Waals surface area contributed by atoms with Crippen LogP contribution in [-0.4, -0.2) is 35.1 Å². The zero-order chi connectivity index (χ0) is 14.4. The Balaban J connectivity index is 3.08. The summed E-state index contributed by atoms with van der Waals surface area (Å²) in [4.78, 5) is 14.0. The number of carbonyl (C=O) groups excluding carboxylic acids is 1. The smallest absolute Gasteiger partial charge is 0.257 e. The van der Waals surface area contributed by atoms with E-state index >= 15 is 0 Å². The van der Waals surface area contributed by atoms with Crippen LogP contribution in [0.3, 0.4) is 0 Å². The molecule has 3 nitrogen and oxygen atoms in total. The maximum absolute atomic E-state index is 13.8. The largest absolute Gasteiger partial charge is 0.395 e. The molecule has 0 bridgehead atoms. The summed E-state index contributed by atoms with van der Waals surface area (Å²) >= 11 is 3.24. The number of benzene rings is 1. The van der Waals surface area contributed by atoms with E-state index in [4.69, 9.17) is 5.11 Å². The summed E-state index contributed by atoms with van der Waals surface area (Å²) in [5, 5.41) is 9.10. The van der Waals surface area contributed by atoms with Crippen LogP contribution in [-0.2, 0) is 0 Å². The lowest BCUT2D eigenvalue weighted by atomic mass is 10.1. The minimum Gasteiger partial charge on any atom is -0.395 e. The highest BCUT2D eigenvalue weighted by atomic mass is 79.9. The third-order valence-corrected chi connectivity index (χ3v) is 3.64. The van der Waals surface area contributed by atoms with Crippen molar-refractivity contribution < 1.29 is 14.3 Å². The van der Waals surface area contributed by atoms with Gasteiger partial charge in [0, 0.05) is 17.1 Å².